The monoisotopic (exact) mass is 850 g/mol. The first kappa shape index (κ1) is 151. The van der Waals surface area contributed by atoms with Gasteiger partial charge in [0.25, 0.3) is 0 Å². The Hall–Kier alpha value is 8.77. The van der Waals surface area contributed by atoms with E-state index < -0.39 is 0 Å². The zero-order chi connectivity index (χ0) is 5.41. The third kappa shape index (κ3) is 268. The van der Waals surface area contributed by atoms with Crippen molar-refractivity contribution < 1.29 is 278 Å². The van der Waals surface area contributed by atoms with Gasteiger partial charge in [-0.3, -0.25) is 0 Å². The van der Waals surface area contributed by atoms with Gasteiger partial charge in [-0.1, -0.05) is 0 Å². The molecule has 15 heteroatoms. The summed E-state index contributed by atoms with van der Waals surface area (Å²) >= 11 is 0. The van der Waals surface area contributed by atoms with E-state index in [4.69, 9.17) is 0 Å². The van der Waals surface area contributed by atoms with E-state index in [1.807, 2.05) is 40.5 Å². The molecule has 15 radical (unpaired) electrons. The molecule has 0 aliphatic heterocycles. The van der Waals surface area contributed by atoms with E-state index >= 15 is 0 Å². The quantitative estimate of drug-likeness (QED) is 0.329. The zero-order valence-electron chi connectivity index (χ0n) is 11.9. The van der Waals surface area contributed by atoms with Gasteiger partial charge in [-0.05, 0) is 0 Å². The van der Waals surface area contributed by atoms with Crippen molar-refractivity contribution in [2.75, 3.05) is 0 Å². The van der Waals surface area contributed by atoms with Gasteiger partial charge < -0.3 is 12.8 Å². The van der Waals surface area contributed by atoms with Crippen LogP contribution in [0.25, 0.3) is 0 Å². The van der Waals surface area contributed by atoms with Crippen molar-refractivity contribution in [1.29, 1.82) is 0 Å². The fourth-order valence-corrected chi connectivity index (χ4v) is 0. The second-order valence-electron chi connectivity index (χ2n) is 1.15. The minimum absolute atomic E-state index is 0. The second-order valence-corrected chi connectivity index (χ2v) is 1.15. The van der Waals surface area contributed by atoms with Crippen LogP contribution in [0.2, 0.25) is 0 Å². The summed E-state index contributed by atoms with van der Waals surface area (Å²) in [6, 6.07) is 0. The smallest absolute Gasteiger partial charge is 0 e. The van der Waals surface area contributed by atoms with Crippen LogP contribution in [-0.4, -0.2) is 0 Å². The number of hydrogen-bond acceptors (Lipinski definition) is 0. The van der Waals surface area contributed by atoms with Gasteiger partial charge in [-0.2, -0.15) is 27.7 Å². The van der Waals surface area contributed by atoms with E-state index in [1.165, 1.54) is 0 Å². The van der Waals surface area contributed by atoms with Crippen LogP contribution in [0.5, 0.6) is 0 Å². The molecule has 0 amide bonds. The van der Waals surface area contributed by atoms with Crippen molar-refractivity contribution in [3.8, 4) is 0 Å². The molecule has 0 atom stereocenters. The molecule has 0 aliphatic carbocycles. The summed E-state index contributed by atoms with van der Waals surface area (Å²) in [5, 5.41) is 0. The summed E-state index contributed by atoms with van der Waals surface area (Å²) in [4.78, 5) is 0. The Morgan fingerprint density at radius 3 is 0.238 bits per heavy atom. The Bertz CT molecular complexity index is 20.1. The normalized spacial score (nSPS) is 1.71. The van der Waals surface area contributed by atoms with Crippen molar-refractivity contribution in [3.63, 3.8) is 0 Å². The first-order valence-corrected chi connectivity index (χ1v) is 2.31. The molecule has 0 nitrogen and oxygen atoms in total. The van der Waals surface area contributed by atoms with E-state index in [1.54, 1.807) is 0 Å². The Kier molecular flexibility index (Phi) is 1380. The van der Waals surface area contributed by atoms with Gasteiger partial charge in [-0.25, -0.2) is 0 Å². The largest absolute Gasteiger partial charge is 0.335 e. The van der Waals surface area contributed by atoms with Crippen LogP contribution in [-0.2, 0) is 278 Å². The Morgan fingerprint density at radius 1 is 0.238 bits per heavy atom. The maximum absolute atomic E-state index is 2.00. The first-order chi connectivity index (χ1) is 2.83. The van der Waals surface area contributed by atoms with E-state index in [0.29, 0.717) is 0 Å². The summed E-state index contributed by atoms with van der Waals surface area (Å²) in [6.45, 7) is 8.00. The SMILES string of the molecule is C[CH-]C.C[CH-]C.[V].[V].[V].[V].[V].[V].[V].[V].[V].[V].[V].[V].[V].[V].[V]. The molecule has 21 heavy (non-hydrogen) atoms. The van der Waals surface area contributed by atoms with Crippen molar-refractivity contribution >= 4 is 0 Å². The van der Waals surface area contributed by atoms with Crippen LogP contribution in [0.1, 0.15) is 27.7 Å². The molecule has 0 saturated carbocycles. The van der Waals surface area contributed by atoms with Gasteiger partial charge in [0.1, 0.15) is 0 Å². The van der Waals surface area contributed by atoms with Gasteiger partial charge in [0.15, 0.2) is 0 Å². The third-order valence-electron chi connectivity index (χ3n) is 0. The average molecular weight is 850 g/mol. The molecular formula is C6H14V15-2. The summed E-state index contributed by atoms with van der Waals surface area (Å²) < 4.78 is 0. The van der Waals surface area contributed by atoms with Gasteiger partial charge in [0.2, 0.25) is 0 Å². The summed E-state index contributed by atoms with van der Waals surface area (Å²) in [5.41, 5.74) is 0. The summed E-state index contributed by atoms with van der Waals surface area (Å²) in [6.07, 6.45) is 4.00. The zero-order valence-corrected chi connectivity index (χ0v) is 32.8. The predicted molar refractivity (Wildman–Crippen MR) is 31.3 cm³/mol. The fraction of sp³-hybridized carbons (Fsp3) is 0.667. The number of hydrogen-bond donors (Lipinski definition) is 0. The standard InChI is InChI=1S/2C3H7.15V/c2*1-3-2;;;;;;;;;;;;;;;/h2*3H,1-2H3;;;;;;;;;;;;;;;/q2*-1;;;;;;;;;;;;;;;. The van der Waals surface area contributed by atoms with E-state index in [9.17, 15) is 0 Å². The van der Waals surface area contributed by atoms with Gasteiger partial charge in [-0.15, -0.1) is 0 Å². The minimum Gasteiger partial charge on any atom is -0.335 e. The van der Waals surface area contributed by atoms with Crippen molar-refractivity contribution in [2.24, 2.45) is 0 Å². The Morgan fingerprint density at radius 2 is 0.238 bits per heavy atom. The van der Waals surface area contributed by atoms with Crippen LogP contribution in [0.4, 0.5) is 0 Å². The molecule has 0 aromatic heterocycles. The number of rotatable bonds is 0. The van der Waals surface area contributed by atoms with Gasteiger partial charge in [0.05, 0.1) is 0 Å². The average Bonchev–Trinajstić information content (AvgIpc) is 1.39. The van der Waals surface area contributed by atoms with Crippen molar-refractivity contribution in [2.45, 2.75) is 27.7 Å². The molecule has 0 saturated heterocycles. The molecule has 0 N–H and O–H groups in total. The van der Waals surface area contributed by atoms with Crippen LogP contribution >= 0.6 is 0 Å². The van der Waals surface area contributed by atoms with Gasteiger partial charge >= 0.3 is 0 Å². The Balaban J connectivity index is -0.000000000593. The van der Waals surface area contributed by atoms with Crippen molar-refractivity contribution in [1.82, 2.24) is 0 Å². The maximum atomic E-state index is 2.00. The topological polar surface area (TPSA) is 0 Å². The first-order valence-electron chi connectivity index (χ1n) is 2.31. The van der Waals surface area contributed by atoms with E-state index in [2.05, 4.69) is 0 Å². The fourth-order valence-electron chi connectivity index (χ4n) is 0. The molecular weight excluding hydrogens is 836 g/mol. The van der Waals surface area contributed by atoms with E-state index in [0.717, 1.165) is 0 Å². The predicted octanol–water partition coefficient (Wildman–Crippen LogP) is 2.42. The van der Waals surface area contributed by atoms with Crippen LogP contribution in [0.15, 0.2) is 0 Å². The molecule has 0 rings (SSSR count). The van der Waals surface area contributed by atoms with Crippen LogP contribution in [0, 0.1) is 12.8 Å². The molecule has 0 aromatic carbocycles. The minimum atomic E-state index is 0. The van der Waals surface area contributed by atoms with Crippen LogP contribution < -0.4 is 0 Å². The maximum Gasteiger partial charge on any atom is 0 e. The van der Waals surface area contributed by atoms with E-state index in [-0.39, 0.29) is 278 Å². The molecule has 0 spiro atoms. The van der Waals surface area contributed by atoms with Crippen LogP contribution in [0.3, 0.4) is 0 Å². The Labute approximate surface area is 312 Å². The molecule has 0 aliphatic rings. The summed E-state index contributed by atoms with van der Waals surface area (Å²) in [5.74, 6) is 0. The van der Waals surface area contributed by atoms with Gasteiger partial charge in [0, 0.05) is 278 Å². The molecule has 0 heterocycles. The molecule has 0 unspecified atom stereocenters. The third-order valence-corrected chi connectivity index (χ3v) is 0. The van der Waals surface area contributed by atoms with Crippen molar-refractivity contribution in [3.05, 3.63) is 12.8 Å². The summed E-state index contributed by atoms with van der Waals surface area (Å²) in [7, 11) is 0. The second kappa shape index (κ2) is 191. The molecule has 0 fully saturated rings. The molecule has 115 valence electrons. The molecule has 0 aromatic rings. The molecule has 0 bridgehead atoms.